The maximum Gasteiger partial charge on any atom is 0.119 e. The van der Waals surface area contributed by atoms with Crippen LogP contribution in [0.1, 0.15) is 11.1 Å². The van der Waals surface area contributed by atoms with E-state index in [0.717, 1.165) is 24.3 Å². The molecule has 0 spiro atoms. The highest BCUT2D eigenvalue weighted by atomic mass is 35.5. The first-order chi connectivity index (χ1) is 11.2. The molecule has 3 aromatic rings. The number of imidazole rings is 1. The predicted octanol–water partition coefficient (Wildman–Crippen LogP) is 5.01. The molecule has 0 amide bonds. The van der Waals surface area contributed by atoms with Crippen LogP contribution in [-0.2, 0) is 19.6 Å². The third kappa shape index (κ3) is 4.50. The van der Waals surface area contributed by atoms with Gasteiger partial charge in [-0.25, -0.2) is 4.98 Å². The minimum Gasteiger partial charge on any atom is -0.489 e. The first-order valence-electron chi connectivity index (χ1n) is 7.32. The summed E-state index contributed by atoms with van der Waals surface area (Å²) in [7, 11) is 0. The van der Waals surface area contributed by atoms with Crippen LogP contribution >= 0.6 is 23.2 Å². The van der Waals surface area contributed by atoms with Crippen molar-refractivity contribution >= 4 is 23.2 Å². The summed E-state index contributed by atoms with van der Waals surface area (Å²) < 4.78 is 7.84. The van der Waals surface area contributed by atoms with Crippen molar-refractivity contribution in [2.75, 3.05) is 0 Å². The second-order valence-electron chi connectivity index (χ2n) is 5.22. The van der Waals surface area contributed by atoms with E-state index in [9.17, 15) is 0 Å². The molecule has 2 aromatic carbocycles. The van der Waals surface area contributed by atoms with Gasteiger partial charge in [-0.05, 0) is 36.2 Å². The van der Waals surface area contributed by atoms with Gasteiger partial charge in [-0.1, -0.05) is 41.4 Å². The van der Waals surface area contributed by atoms with Gasteiger partial charge in [0.15, 0.2) is 0 Å². The van der Waals surface area contributed by atoms with E-state index in [1.807, 2.05) is 36.8 Å². The molecule has 118 valence electrons. The van der Waals surface area contributed by atoms with Gasteiger partial charge in [0.1, 0.15) is 12.4 Å². The molecule has 0 atom stereocenters. The van der Waals surface area contributed by atoms with Crippen LogP contribution in [0.25, 0.3) is 0 Å². The van der Waals surface area contributed by atoms with E-state index in [4.69, 9.17) is 27.9 Å². The molecule has 0 unspecified atom stereocenters. The Balaban J connectivity index is 1.54. The van der Waals surface area contributed by atoms with Crippen molar-refractivity contribution in [3.63, 3.8) is 0 Å². The number of hydrogen-bond donors (Lipinski definition) is 0. The molecule has 0 bridgehead atoms. The van der Waals surface area contributed by atoms with E-state index in [0.29, 0.717) is 16.7 Å². The van der Waals surface area contributed by atoms with Gasteiger partial charge in [0, 0.05) is 34.5 Å². The maximum absolute atomic E-state index is 6.14. The lowest BCUT2D eigenvalue weighted by Crippen LogP contribution is -1.99. The van der Waals surface area contributed by atoms with Gasteiger partial charge in [-0.2, -0.15) is 0 Å². The van der Waals surface area contributed by atoms with Gasteiger partial charge in [0.05, 0.1) is 6.33 Å². The van der Waals surface area contributed by atoms with Gasteiger partial charge >= 0.3 is 0 Å². The van der Waals surface area contributed by atoms with Crippen LogP contribution in [0.4, 0.5) is 0 Å². The number of rotatable bonds is 6. The third-order valence-corrected chi connectivity index (χ3v) is 4.14. The number of ether oxygens (including phenoxy) is 1. The lowest BCUT2D eigenvalue weighted by atomic mass is 10.1. The van der Waals surface area contributed by atoms with Crippen LogP contribution in [0.15, 0.2) is 61.2 Å². The van der Waals surface area contributed by atoms with E-state index >= 15 is 0 Å². The molecule has 0 aliphatic heterocycles. The molecule has 0 aliphatic rings. The minimum absolute atomic E-state index is 0.421. The van der Waals surface area contributed by atoms with Crippen molar-refractivity contribution in [1.82, 2.24) is 9.55 Å². The first-order valence-corrected chi connectivity index (χ1v) is 8.08. The van der Waals surface area contributed by atoms with Crippen molar-refractivity contribution in [3.05, 3.63) is 82.4 Å². The summed E-state index contributed by atoms with van der Waals surface area (Å²) >= 11 is 12.0. The quantitative estimate of drug-likeness (QED) is 0.627. The number of nitrogens with zero attached hydrogens (tertiary/aromatic N) is 2. The van der Waals surface area contributed by atoms with Crippen LogP contribution < -0.4 is 4.74 Å². The van der Waals surface area contributed by atoms with Crippen LogP contribution in [0.2, 0.25) is 10.0 Å². The zero-order valence-corrected chi connectivity index (χ0v) is 14.0. The summed E-state index contributed by atoms with van der Waals surface area (Å²) in [6.45, 7) is 1.34. The fraction of sp³-hybridized carbons (Fsp3) is 0.167. The zero-order valence-electron chi connectivity index (χ0n) is 12.5. The highest BCUT2D eigenvalue weighted by Crippen LogP contribution is 2.23. The highest BCUT2D eigenvalue weighted by Gasteiger charge is 2.03. The van der Waals surface area contributed by atoms with Crippen LogP contribution in [-0.4, -0.2) is 9.55 Å². The fourth-order valence-corrected chi connectivity index (χ4v) is 2.69. The number of hydrogen-bond acceptors (Lipinski definition) is 2. The van der Waals surface area contributed by atoms with Gasteiger partial charge in [-0.3, -0.25) is 0 Å². The summed E-state index contributed by atoms with van der Waals surface area (Å²) in [6.07, 6.45) is 6.54. The van der Waals surface area contributed by atoms with Crippen LogP contribution in [0.5, 0.6) is 5.75 Å². The van der Waals surface area contributed by atoms with E-state index in [-0.39, 0.29) is 0 Å². The Bertz CT molecular complexity index is 755. The zero-order chi connectivity index (χ0) is 16.1. The van der Waals surface area contributed by atoms with Gasteiger partial charge in [0.2, 0.25) is 0 Å². The Kier molecular flexibility index (Phi) is 5.21. The second kappa shape index (κ2) is 7.53. The molecule has 3 rings (SSSR count). The minimum atomic E-state index is 0.421. The topological polar surface area (TPSA) is 27.1 Å². The summed E-state index contributed by atoms with van der Waals surface area (Å²) in [4.78, 5) is 4.04. The van der Waals surface area contributed by atoms with Crippen molar-refractivity contribution < 1.29 is 4.74 Å². The molecule has 1 heterocycles. The fourth-order valence-electron chi connectivity index (χ4n) is 2.23. The standard InChI is InChI=1S/C18H16Cl2N2O/c19-16-4-3-15(18(20)11-16)12-23-17-5-1-14(2-6-17)7-9-22-10-8-21-13-22/h1-6,8,10-11,13H,7,9,12H2. The summed E-state index contributed by atoms with van der Waals surface area (Å²) in [5.74, 6) is 0.822. The molecule has 0 radical (unpaired) electrons. The predicted molar refractivity (Wildman–Crippen MR) is 93.2 cm³/mol. The van der Waals surface area contributed by atoms with Gasteiger partial charge < -0.3 is 9.30 Å². The Morgan fingerprint density at radius 1 is 1.04 bits per heavy atom. The van der Waals surface area contributed by atoms with Crippen molar-refractivity contribution in [3.8, 4) is 5.75 Å². The molecular formula is C18H16Cl2N2O. The first kappa shape index (κ1) is 15.9. The summed E-state index contributed by atoms with van der Waals surface area (Å²) in [6, 6.07) is 13.5. The number of aryl methyl sites for hydroxylation is 2. The average Bonchev–Trinajstić information content (AvgIpc) is 3.07. The largest absolute Gasteiger partial charge is 0.489 e. The maximum atomic E-state index is 6.14. The van der Waals surface area contributed by atoms with E-state index in [1.54, 1.807) is 12.3 Å². The SMILES string of the molecule is Clc1ccc(COc2ccc(CCn3ccnc3)cc2)c(Cl)c1. The Morgan fingerprint density at radius 3 is 2.57 bits per heavy atom. The number of benzene rings is 2. The van der Waals surface area contributed by atoms with E-state index in [1.165, 1.54) is 5.56 Å². The Hall–Kier alpha value is -1.97. The highest BCUT2D eigenvalue weighted by molar-refractivity contribution is 6.35. The van der Waals surface area contributed by atoms with E-state index in [2.05, 4.69) is 21.7 Å². The van der Waals surface area contributed by atoms with Gasteiger partial charge in [-0.15, -0.1) is 0 Å². The van der Waals surface area contributed by atoms with Crippen LogP contribution in [0, 0.1) is 0 Å². The second-order valence-corrected chi connectivity index (χ2v) is 6.06. The number of halogens is 2. The molecule has 0 saturated heterocycles. The molecular weight excluding hydrogens is 331 g/mol. The Labute approximate surface area is 145 Å². The normalized spacial score (nSPS) is 10.7. The molecule has 3 nitrogen and oxygen atoms in total. The Morgan fingerprint density at radius 2 is 1.87 bits per heavy atom. The monoisotopic (exact) mass is 346 g/mol. The van der Waals surface area contributed by atoms with Crippen LogP contribution in [0.3, 0.4) is 0 Å². The molecule has 0 fully saturated rings. The summed E-state index contributed by atoms with van der Waals surface area (Å²) in [5.41, 5.74) is 2.18. The lowest BCUT2D eigenvalue weighted by Gasteiger charge is -2.09. The molecule has 0 aliphatic carbocycles. The third-order valence-electron chi connectivity index (χ3n) is 3.55. The molecule has 5 heteroatoms. The smallest absolute Gasteiger partial charge is 0.119 e. The average molecular weight is 347 g/mol. The van der Waals surface area contributed by atoms with E-state index < -0.39 is 0 Å². The van der Waals surface area contributed by atoms with Gasteiger partial charge in [0.25, 0.3) is 0 Å². The van der Waals surface area contributed by atoms with Crippen molar-refractivity contribution in [2.45, 2.75) is 19.6 Å². The van der Waals surface area contributed by atoms with Crippen molar-refractivity contribution in [1.29, 1.82) is 0 Å². The summed E-state index contributed by atoms with van der Waals surface area (Å²) in [5, 5.41) is 1.25. The molecule has 23 heavy (non-hydrogen) atoms. The molecule has 0 saturated carbocycles. The lowest BCUT2D eigenvalue weighted by molar-refractivity contribution is 0.306. The molecule has 0 N–H and O–H groups in total. The number of aromatic nitrogens is 2. The molecule has 1 aromatic heterocycles. The van der Waals surface area contributed by atoms with Crippen molar-refractivity contribution in [2.24, 2.45) is 0 Å².